The van der Waals surface area contributed by atoms with E-state index in [1.165, 1.54) is 31.2 Å². The molecule has 2 aromatic rings. The minimum absolute atomic E-state index is 0.303. The molecule has 0 saturated carbocycles. The molecule has 0 bridgehead atoms. The summed E-state index contributed by atoms with van der Waals surface area (Å²) in [5, 5.41) is 0. The average Bonchev–Trinajstić information content (AvgIpc) is 2.62. The molecule has 2 rings (SSSR count). The van der Waals surface area contributed by atoms with E-state index in [2.05, 4.69) is 10.9 Å². The van der Waals surface area contributed by atoms with Crippen LogP contribution in [0.1, 0.15) is 24.2 Å². The molecule has 6 nitrogen and oxygen atoms in total. The van der Waals surface area contributed by atoms with E-state index in [9.17, 15) is 14.0 Å². The van der Waals surface area contributed by atoms with Crippen molar-refractivity contribution in [2.45, 2.75) is 20.0 Å². The number of nitrogens with one attached hydrogen (secondary N) is 2. The first-order valence-corrected chi connectivity index (χ1v) is 7.75. The van der Waals surface area contributed by atoms with Gasteiger partial charge in [-0.3, -0.25) is 20.4 Å². The van der Waals surface area contributed by atoms with Gasteiger partial charge in [-0.1, -0.05) is 12.1 Å². The third-order valence-electron chi connectivity index (χ3n) is 3.23. The first-order chi connectivity index (χ1) is 12.0. The summed E-state index contributed by atoms with van der Waals surface area (Å²) < 4.78 is 23.6. The van der Waals surface area contributed by atoms with Crippen molar-refractivity contribution in [3.8, 4) is 11.5 Å². The van der Waals surface area contributed by atoms with Crippen molar-refractivity contribution in [2.75, 3.05) is 6.61 Å². The molecule has 2 N–H and O–H groups in total. The van der Waals surface area contributed by atoms with Crippen LogP contribution in [0.4, 0.5) is 4.39 Å². The molecule has 0 unspecified atom stereocenters. The quantitative estimate of drug-likeness (QED) is 0.788. The summed E-state index contributed by atoms with van der Waals surface area (Å²) in [7, 11) is 0. The third-order valence-corrected chi connectivity index (χ3v) is 3.23. The van der Waals surface area contributed by atoms with Crippen LogP contribution in [0.3, 0.4) is 0 Å². The van der Waals surface area contributed by atoms with Gasteiger partial charge in [-0.05, 0) is 50.2 Å². The van der Waals surface area contributed by atoms with Crippen LogP contribution < -0.4 is 20.3 Å². The van der Waals surface area contributed by atoms with Crippen molar-refractivity contribution >= 4 is 11.8 Å². The number of carbonyl (C=O) groups is 2. The highest BCUT2D eigenvalue weighted by molar-refractivity contribution is 5.98. The Balaban J connectivity index is 1.90. The molecule has 2 amide bonds. The van der Waals surface area contributed by atoms with Gasteiger partial charge in [0, 0.05) is 0 Å². The van der Waals surface area contributed by atoms with Gasteiger partial charge in [0.25, 0.3) is 11.8 Å². The number of benzene rings is 2. The summed E-state index contributed by atoms with van der Waals surface area (Å²) in [6.45, 7) is 3.74. The fraction of sp³-hybridized carbons (Fsp3) is 0.222. The second kappa shape index (κ2) is 8.68. The van der Waals surface area contributed by atoms with Crippen LogP contribution in [0.2, 0.25) is 0 Å². The Hall–Kier alpha value is -3.09. The zero-order valence-corrected chi connectivity index (χ0v) is 13.9. The molecule has 0 aromatic heterocycles. The van der Waals surface area contributed by atoms with Crippen LogP contribution >= 0.6 is 0 Å². The van der Waals surface area contributed by atoms with Gasteiger partial charge in [0.2, 0.25) is 0 Å². The number of ether oxygens (including phenoxy) is 2. The Morgan fingerprint density at radius 3 is 2.44 bits per heavy atom. The Bertz CT molecular complexity index is 734. The van der Waals surface area contributed by atoms with Crippen LogP contribution in [-0.2, 0) is 4.79 Å². The summed E-state index contributed by atoms with van der Waals surface area (Å²) in [5.41, 5.74) is 4.91. The maximum atomic E-state index is 12.8. The van der Waals surface area contributed by atoms with E-state index in [1.807, 2.05) is 6.92 Å². The molecule has 0 aliphatic heterocycles. The molecule has 0 saturated heterocycles. The topological polar surface area (TPSA) is 76.7 Å². The molecular formula is C18H19FN2O4. The second-order valence-electron chi connectivity index (χ2n) is 5.09. The van der Waals surface area contributed by atoms with Crippen LogP contribution in [0.15, 0.2) is 48.5 Å². The number of halogens is 1. The number of hydrogen-bond acceptors (Lipinski definition) is 4. The van der Waals surface area contributed by atoms with Crippen LogP contribution in [0.25, 0.3) is 0 Å². The van der Waals surface area contributed by atoms with Crippen molar-refractivity contribution < 1.29 is 23.5 Å². The van der Waals surface area contributed by atoms with Crippen molar-refractivity contribution in [3.63, 3.8) is 0 Å². The van der Waals surface area contributed by atoms with Crippen LogP contribution in [-0.4, -0.2) is 24.5 Å². The highest BCUT2D eigenvalue weighted by Gasteiger charge is 2.17. The lowest BCUT2D eigenvalue weighted by Gasteiger charge is -2.16. The molecule has 0 aliphatic rings. The maximum absolute atomic E-state index is 12.8. The first-order valence-electron chi connectivity index (χ1n) is 7.75. The van der Waals surface area contributed by atoms with E-state index in [-0.39, 0.29) is 0 Å². The summed E-state index contributed by atoms with van der Waals surface area (Å²) in [4.78, 5) is 24.2. The predicted octanol–water partition coefficient (Wildman–Crippen LogP) is 2.45. The predicted molar refractivity (Wildman–Crippen MR) is 89.7 cm³/mol. The summed E-state index contributed by atoms with van der Waals surface area (Å²) in [6.07, 6.45) is -0.882. The molecule has 7 heteroatoms. The van der Waals surface area contributed by atoms with Crippen molar-refractivity contribution in [3.05, 3.63) is 59.9 Å². The standard InChI is InChI=1S/C18H19FN2O4/c1-3-24-16-7-5-4-6-15(16)18(23)21-20-17(22)12(2)25-14-10-8-13(19)9-11-14/h4-12H,3H2,1-2H3,(H,20,22)(H,21,23)/t12-/m1/s1. The minimum atomic E-state index is -0.882. The van der Waals surface area contributed by atoms with E-state index in [4.69, 9.17) is 9.47 Å². The van der Waals surface area contributed by atoms with Gasteiger partial charge in [-0.25, -0.2) is 4.39 Å². The number of rotatable bonds is 6. The number of carbonyl (C=O) groups excluding carboxylic acids is 2. The summed E-state index contributed by atoms with van der Waals surface area (Å²) in [6, 6.07) is 12.0. The number of amides is 2. The highest BCUT2D eigenvalue weighted by atomic mass is 19.1. The lowest BCUT2D eigenvalue weighted by molar-refractivity contribution is -0.128. The Morgan fingerprint density at radius 1 is 1.08 bits per heavy atom. The van der Waals surface area contributed by atoms with Gasteiger partial charge in [-0.15, -0.1) is 0 Å². The molecule has 2 aromatic carbocycles. The Labute approximate surface area is 144 Å². The van der Waals surface area contributed by atoms with E-state index in [0.29, 0.717) is 23.7 Å². The fourth-order valence-corrected chi connectivity index (χ4v) is 1.99. The minimum Gasteiger partial charge on any atom is -0.493 e. The summed E-state index contributed by atoms with van der Waals surface area (Å²) >= 11 is 0. The molecule has 0 heterocycles. The van der Waals surface area contributed by atoms with E-state index in [0.717, 1.165) is 0 Å². The highest BCUT2D eigenvalue weighted by Crippen LogP contribution is 2.17. The van der Waals surface area contributed by atoms with Gasteiger partial charge >= 0.3 is 0 Å². The molecule has 1 atom stereocenters. The normalized spacial score (nSPS) is 11.3. The molecule has 0 aliphatic carbocycles. The Kier molecular flexibility index (Phi) is 6.33. The number of hydrogen-bond donors (Lipinski definition) is 2. The third kappa shape index (κ3) is 5.20. The zero-order chi connectivity index (χ0) is 18.2. The molecule has 0 radical (unpaired) electrons. The largest absolute Gasteiger partial charge is 0.493 e. The second-order valence-corrected chi connectivity index (χ2v) is 5.09. The molecule has 25 heavy (non-hydrogen) atoms. The van der Waals surface area contributed by atoms with Crippen molar-refractivity contribution in [1.82, 2.24) is 10.9 Å². The van der Waals surface area contributed by atoms with Crippen molar-refractivity contribution in [1.29, 1.82) is 0 Å². The average molecular weight is 346 g/mol. The SMILES string of the molecule is CCOc1ccccc1C(=O)NNC(=O)[C@@H](C)Oc1ccc(F)cc1. The van der Waals surface area contributed by atoms with Crippen LogP contribution in [0.5, 0.6) is 11.5 Å². The monoisotopic (exact) mass is 346 g/mol. The first kappa shape index (κ1) is 18.3. The van der Waals surface area contributed by atoms with E-state index < -0.39 is 23.7 Å². The van der Waals surface area contributed by atoms with Gasteiger partial charge in [0.05, 0.1) is 12.2 Å². The lowest BCUT2D eigenvalue weighted by Crippen LogP contribution is -2.47. The van der Waals surface area contributed by atoms with Crippen LogP contribution in [0, 0.1) is 5.82 Å². The maximum Gasteiger partial charge on any atom is 0.279 e. The fourth-order valence-electron chi connectivity index (χ4n) is 1.99. The lowest BCUT2D eigenvalue weighted by atomic mass is 10.2. The molecule has 0 spiro atoms. The van der Waals surface area contributed by atoms with Gasteiger partial charge in [0.1, 0.15) is 17.3 Å². The van der Waals surface area contributed by atoms with Crippen molar-refractivity contribution in [2.24, 2.45) is 0 Å². The molecular weight excluding hydrogens is 327 g/mol. The number of para-hydroxylation sites is 1. The smallest absolute Gasteiger partial charge is 0.279 e. The van der Waals surface area contributed by atoms with Gasteiger partial charge in [0.15, 0.2) is 6.10 Å². The summed E-state index contributed by atoms with van der Waals surface area (Å²) in [5.74, 6) is -0.688. The number of hydrazine groups is 1. The van der Waals surface area contributed by atoms with Gasteiger partial charge in [-0.2, -0.15) is 0 Å². The Morgan fingerprint density at radius 2 is 1.76 bits per heavy atom. The van der Waals surface area contributed by atoms with E-state index >= 15 is 0 Å². The van der Waals surface area contributed by atoms with E-state index in [1.54, 1.807) is 24.3 Å². The molecule has 0 fully saturated rings. The van der Waals surface area contributed by atoms with Gasteiger partial charge < -0.3 is 9.47 Å². The molecule has 132 valence electrons. The zero-order valence-electron chi connectivity index (χ0n) is 13.9.